The van der Waals surface area contributed by atoms with Crippen molar-refractivity contribution in [2.45, 2.75) is 0 Å². The summed E-state index contributed by atoms with van der Waals surface area (Å²) in [6.07, 6.45) is 0. The second kappa shape index (κ2) is 12.4. The third-order valence-corrected chi connectivity index (χ3v) is 12.7. The summed E-state index contributed by atoms with van der Waals surface area (Å²) in [5.74, 6) is 1.67. The van der Waals surface area contributed by atoms with E-state index in [1.165, 1.54) is 120 Å². The van der Waals surface area contributed by atoms with Gasteiger partial charge in [0, 0.05) is 0 Å². The van der Waals surface area contributed by atoms with Crippen LogP contribution in [0.5, 0.6) is 11.5 Å². The molecule has 0 bridgehead atoms. The van der Waals surface area contributed by atoms with E-state index in [0.717, 1.165) is 11.5 Å². The smallest absolute Gasteiger partial charge is 0.128 e. The Morgan fingerprint density at radius 1 is 0.220 bits per heavy atom. The minimum absolute atomic E-state index is 0.834. The van der Waals surface area contributed by atoms with Crippen LogP contribution < -0.4 is 4.74 Å². The number of hydrogen-bond acceptors (Lipinski definition) is 1. The summed E-state index contributed by atoms with van der Waals surface area (Å²) in [5.41, 5.74) is 7.49. The van der Waals surface area contributed by atoms with Crippen LogP contribution in [-0.4, -0.2) is 0 Å². The molecular weight excluding hydrogens is 713 g/mol. The quantitative estimate of drug-likeness (QED) is 0.159. The first-order chi connectivity index (χ1) is 29.3. The second-order valence-electron chi connectivity index (χ2n) is 15.9. The van der Waals surface area contributed by atoms with E-state index >= 15 is 0 Å². The molecule has 272 valence electrons. The summed E-state index contributed by atoms with van der Waals surface area (Å²) >= 11 is 0. The number of fused-ring (bicyclic) bond motifs is 10. The average molecular weight is 747 g/mol. The van der Waals surface area contributed by atoms with Crippen LogP contribution in [0.3, 0.4) is 0 Å². The minimum Gasteiger partial charge on any atom is -0.457 e. The molecule has 0 atom stereocenters. The van der Waals surface area contributed by atoms with Crippen LogP contribution in [0.4, 0.5) is 0 Å². The van der Waals surface area contributed by atoms with Gasteiger partial charge in [0.05, 0.1) is 0 Å². The Labute approximate surface area is 340 Å². The van der Waals surface area contributed by atoms with Gasteiger partial charge in [0.1, 0.15) is 11.5 Å². The van der Waals surface area contributed by atoms with E-state index < -0.39 is 0 Å². The zero-order chi connectivity index (χ0) is 38.6. The number of para-hydroxylation sites is 1. The van der Waals surface area contributed by atoms with Crippen molar-refractivity contribution < 1.29 is 4.74 Å². The maximum Gasteiger partial charge on any atom is 0.128 e. The maximum atomic E-state index is 6.40. The van der Waals surface area contributed by atoms with Gasteiger partial charge in [0.25, 0.3) is 0 Å². The van der Waals surface area contributed by atoms with E-state index in [2.05, 4.69) is 176 Å². The summed E-state index contributed by atoms with van der Waals surface area (Å²) in [6, 6.07) is 75.4. The van der Waals surface area contributed by atoms with Crippen LogP contribution in [0.2, 0.25) is 0 Å². The van der Waals surface area contributed by atoms with Crippen molar-refractivity contribution in [3.05, 3.63) is 206 Å². The van der Waals surface area contributed by atoms with Crippen LogP contribution in [0.1, 0.15) is 0 Å². The van der Waals surface area contributed by atoms with Gasteiger partial charge < -0.3 is 4.74 Å². The lowest BCUT2D eigenvalue weighted by atomic mass is 9.84. The van der Waals surface area contributed by atoms with Gasteiger partial charge in [-0.2, -0.15) is 0 Å². The van der Waals surface area contributed by atoms with Crippen molar-refractivity contribution >= 4 is 86.2 Å². The fraction of sp³-hybridized carbons (Fsp3) is 0. The standard InChI is InChI=1S/C58H34O/c1-5-15-35(16-6-1)38-27-28-39-32-50-55-43(47(39)31-38)23-13-26-46(55)57-52(36-17-7-2-8-18-36)51-34-49-42-30-29-41(59-40-21-11-4-12-22-40)33-48(42)44-24-14-25-45(54(44)49)56(51)53(58(50)57)37-19-9-3-10-20-37/h1-34H. The molecule has 0 radical (unpaired) electrons. The molecule has 0 aliphatic rings. The highest BCUT2D eigenvalue weighted by Crippen LogP contribution is 2.55. The Morgan fingerprint density at radius 2 is 0.797 bits per heavy atom. The zero-order valence-corrected chi connectivity index (χ0v) is 32.0. The summed E-state index contributed by atoms with van der Waals surface area (Å²) in [7, 11) is 0. The van der Waals surface area contributed by atoms with Crippen LogP contribution in [0, 0.1) is 0 Å². The molecule has 0 aliphatic carbocycles. The molecule has 13 rings (SSSR count). The van der Waals surface area contributed by atoms with E-state index in [1.807, 2.05) is 30.3 Å². The summed E-state index contributed by atoms with van der Waals surface area (Å²) < 4.78 is 6.40. The summed E-state index contributed by atoms with van der Waals surface area (Å²) in [6.45, 7) is 0. The Morgan fingerprint density at radius 3 is 1.51 bits per heavy atom. The Kier molecular flexibility index (Phi) is 6.79. The predicted molar refractivity (Wildman–Crippen MR) is 252 cm³/mol. The SMILES string of the molecule is c1ccc(Oc2ccc3c(c2)c2cccc4c5c(-c6ccccc6)c6c7cc8ccc(-c9ccccc9)cc8c8cccc(c6c(-c6ccccc6)c5cc3c24)c87)cc1. The molecule has 0 fully saturated rings. The molecular formula is C58H34O. The highest BCUT2D eigenvalue weighted by Gasteiger charge is 2.27. The third kappa shape index (κ3) is 4.67. The highest BCUT2D eigenvalue weighted by atomic mass is 16.5. The topological polar surface area (TPSA) is 9.23 Å². The normalized spacial score (nSPS) is 12.1. The largest absolute Gasteiger partial charge is 0.457 e. The molecule has 1 heteroatoms. The van der Waals surface area contributed by atoms with E-state index in [9.17, 15) is 0 Å². The second-order valence-corrected chi connectivity index (χ2v) is 15.9. The van der Waals surface area contributed by atoms with E-state index in [0.29, 0.717) is 0 Å². The van der Waals surface area contributed by atoms with E-state index in [-0.39, 0.29) is 0 Å². The lowest BCUT2D eigenvalue weighted by Gasteiger charge is -2.19. The number of ether oxygens (including phenoxy) is 1. The van der Waals surface area contributed by atoms with Gasteiger partial charge in [-0.1, -0.05) is 164 Å². The van der Waals surface area contributed by atoms with Crippen molar-refractivity contribution in [1.82, 2.24) is 0 Å². The Hall–Kier alpha value is -7.74. The molecule has 0 heterocycles. The predicted octanol–water partition coefficient (Wildman–Crippen LogP) is 16.6. The lowest BCUT2D eigenvalue weighted by Crippen LogP contribution is -1.91. The minimum atomic E-state index is 0.834. The van der Waals surface area contributed by atoms with Crippen LogP contribution >= 0.6 is 0 Å². The Balaban J connectivity index is 1.23. The zero-order valence-electron chi connectivity index (χ0n) is 32.0. The molecule has 13 aromatic carbocycles. The van der Waals surface area contributed by atoms with Gasteiger partial charge in [0.2, 0.25) is 0 Å². The molecule has 0 saturated carbocycles. The van der Waals surface area contributed by atoms with Crippen molar-refractivity contribution in [3.8, 4) is 44.9 Å². The molecule has 0 saturated heterocycles. The molecule has 0 amide bonds. The lowest BCUT2D eigenvalue weighted by molar-refractivity contribution is 0.483. The fourth-order valence-corrected chi connectivity index (χ4v) is 10.3. The van der Waals surface area contributed by atoms with Gasteiger partial charge >= 0.3 is 0 Å². The van der Waals surface area contributed by atoms with Crippen molar-refractivity contribution in [3.63, 3.8) is 0 Å². The van der Waals surface area contributed by atoms with E-state index in [4.69, 9.17) is 4.74 Å². The highest BCUT2D eigenvalue weighted by molar-refractivity contribution is 6.46. The van der Waals surface area contributed by atoms with Gasteiger partial charge in [-0.15, -0.1) is 0 Å². The molecule has 59 heavy (non-hydrogen) atoms. The van der Waals surface area contributed by atoms with Gasteiger partial charge in [-0.3, -0.25) is 0 Å². The molecule has 13 aromatic rings. The van der Waals surface area contributed by atoms with Crippen molar-refractivity contribution in [1.29, 1.82) is 0 Å². The van der Waals surface area contributed by atoms with E-state index in [1.54, 1.807) is 0 Å². The van der Waals surface area contributed by atoms with Gasteiger partial charge in [0.15, 0.2) is 0 Å². The molecule has 0 unspecified atom stereocenters. The van der Waals surface area contributed by atoms with Crippen LogP contribution in [0.25, 0.3) is 120 Å². The monoisotopic (exact) mass is 746 g/mol. The molecule has 0 spiro atoms. The number of hydrogen-bond donors (Lipinski definition) is 0. The van der Waals surface area contributed by atoms with Crippen molar-refractivity contribution in [2.75, 3.05) is 0 Å². The first-order valence-electron chi connectivity index (χ1n) is 20.4. The van der Waals surface area contributed by atoms with Crippen molar-refractivity contribution in [2.24, 2.45) is 0 Å². The summed E-state index contributed by atoms with van der Waals surface area (Å²) in [5, 5.41) is 20.5. The van der Waals surface area contributed by atoms with Gasteiger partial charge in [-0.05, 0) is 162 Å². The number of benzene rings is 11. The van der Waals surface area contributed by atoms with Crippen LogP contribution in [0.15, 0.2) is 206 Å². The molecule has 0 aliphatic heterocycles. The molecule has 1 nitrogen and oxygen atoms in total. The molecule has 0 N–H and O–H groups in total. The first kappa shape index (κ1) is 32.4. The fourth-order valence-electron chi connectivity index (χ4n) is 10.3. The average Bonchev–Trinajstić information content (AvgIpc) is 3.80. The number of rotatable bonds is 5. The Bertz CT molecular complexity index is 3760. The van der Waals surface area contributed by atoms with Crippen LogP contribution in [-0.2, 0) is 0 Å². The van der Waals surface area contributed by atoms with Gasteiger partial charge in [-0.25, -0.2) is 0 Å². The maximum absolute atomic E-state index is 6.40. The molecule has 0 aromatic heterocycles. The first-order valence-corrected chi connectivity index (χ1v) is 20.4. The third-order valence-electron chi connectivity index (χ3n) is 12.7. The summed E-state index contributed by atoms with van der Waals surface area (Å²) in [4.78, 5) is 0.